The normalized spacial score (nSPS) is 21.4. The molecule has 0 amide bonds. The third kappa shape index (κ3) is 3.56. The highest BCUT2D eigenvalue weighted by molar-refractivity contribution is 4.87. The summed E-state index contributed by atoms with van der Waals surface area (Å²) in [6.45, 7) is 5.56. The van der Waals surface area contributed by atoms with Gasteiger partial charge >= 0.3 is 0 Å². The molecule has 1 aliphatic carbocycles. The average molecular weight is 201 g/mol. The molecule has 0 unspecified atom stereocenters. The molecule has 14 heavy (non-hydrogen) atoms. The van der Waals surface area contributed by atoms with Crippen molar-refractivity contribution in [3.05, 3.63) is 0 Å². The van der Waals surface area contributed by atoms with Gasteiger partial charge in [-0.05, 0) is 26.7 Å². The minimum atomic E-state index is -0.455. The maximum absolute atomic E-state index is 10.1. The van der Waals surface area contributed by atoms with Crippen LogP contribution in [0.5, 0.6) is 0 Å². The first-order valence-electron chi connectivity index (χ1n) is 5.46. The Kier molecular flexibility index (Phi) is 3.93. The van der Waals surface area contributed by atoms with E-state index < -0.39 is 5.60 Å². The van der Waals surface area contributed by atoms with Crippen molar-refractivity contribution in [2.24, 2.45) is 0 Å². The van der Waals surface area contributed by atoms with E-state index in [1.807, 2.05) is 13.8 Å². The molecule has 0 spiro atoms. The first kappa shape index (κ1) is 12.0. The molecule has 84 valence electrons. The van der Waals surface area contributed by atoms with E-state index in [1.54, 1.807) is 7.11 Å². The zero-order valence-electron chi connectivity index (χ0n) is 9.60. The predicted octanol–water partition coefficient (Wildman–Crippen LogP) is 1.31. The number of hydrogen-bond donors (Lipinski definition) is 2. The van der Waals surface area contributed by atoms with Gasteiger partial charge < -0.3 is 15.2 Å². The van der Waals surface area contributed by atoms with E-state index in [0.717, 1.165) is 32.2 Å². The van der Waals surface area contributed by atoms with Gasteiger partial charge in [0, 0.05) is 20.2 Å². The van der Waals surface area contributed by atoms with E-state index in [2.05, 4.69) is 5.32 Å². The highest BCUT2D eigenvalue weighted by Crippen LogP contribution is 2.28. The van der Waals surface area contributed by atoms with Gasteiger partial charge in [-0.15, -0.1) is 0 Å². The van der Waals surface area contributed by atoms with Crippen LogP contribution >= 0.6 is 0 Å². The SMILES string of the molecule is COC(C)(C)CNCC1(O)CCCC1. The topological polar surface area (TPSA) is 41.5 Å². The fourth-order valence-corrected chi connectivity index (χ4v) is 1.88. The van der Waals surface area contributed by atoms with Gasteiger partial charge in [-0.2, -0.15) is 0 Å². The molecule has 0 aromatic rings. The van der Waals surface area contributed by atoms with Gasteiger partial charge in [-0.25, -0.2) is 0 Å². The molecule has 1 aliphatic rings. The van der Waals surface area contributed by atoms with Gasteiger partial charge in [0.05, 0.1) is 11.2 Å². The number of nitrogens with one attached hydrogen (secondary N) is 1. The lowest BCUT2D eigenvalue weighted by molar-refractivity contribution is 0.00914. The number of methoxy groups -OCH3 is 1. The van der Waals surface area contributed by atoms with Crippen molar-refractivity contribution in [3.8, 4) is 0 Å². The van der Waals surface area contributed by atoms with Gasteiger partial charge in [0.2, 0.25) is 0 Å². The van der Waals surface area contributed by atoms with Crippen molar-refractivity contribution in [2.45, 2.75) is 50.7 Å². The van der Waals surface area contributed by atoms with Crippen LogP contribution in [0.15, 0.2) is 0 Å². The fraction of sp³-hybridized carbons (Fsp3) is 1.00. The lowest BCUT2D eigenvalue weighted by atomic mass is 10.0. The third-order valence-corrected chi connectivity index (χ3v) is 3.09. The summed E-state index contributed by atoms with van der Waals surface area (Å²) >= 11 is 0. The van der Waals surface area contributed by atoms with Crippen LogP contribution in [-0.4, -0.2) is 36.5 Å². The van der Waals surface area contributed by atoms with Crippen molar-refractivity contribution in [2.75, 3.05) is 20.2 Å². The molecule has 0 radical (unpaired) electrons. The van der Waals surface area contributed by atoms with Gasteiger partial charge in [0.15, 0.2) is 0 Å². The van der Waals surface area contributed by atoms with Gasteiger partial charge in [0.25, 0.3) is 0 Å². The Labute approximate surface area is 86.8 Å². The molecule has 0 heterocycles. The zero-order valence-corrected chi connectivity index (χ0v) is 9.60. The Morgan fingerprint density at radius 2 is 1.93 bits per heavy atom. The summed E-state index contributed by atoms with van der Waals surface area (Å²) in [6, 6.07) is 0. The van der Waals surface area contributed by atoms with Crippen molar-refractivity contribution in [1.82, 2.24) is 5.32 Å². The van der Waals surface area contributed by atoms with E-state index in [1.165, 1.54) is 0 Å². The second-order valence-corrected chi connectivity index (χ2v) is 5.00. The summed E-state index contributed by atoms with van der Waals surface area (Å²) in [5.74, 6) is 0. The largest absolute Gasteiger partial charge is 0.389 e. The quantitative estimate of drug-likeness (QED) is 0.704. The highest BCUT2D eigenvalue weighted by atomic mass is 16.5. The van der Waals surface area contributed by atoms with Crippen molar-refractivity contribution in [1.29, 1.82) is 0 Å². The van der Waals surface area contributed by atoms with Crippen LogP contribution in [0.2, 0.25) is 0 Å². The standard InChI is InChI=1S/C11H23NO2/c1-10(2,14-3)8-12-9-11(13)6-4-5-7-11/h12-13H,4-9H2,1-3H3. The van der Waals surface area contributed by atoms with Crippen LogP contribution in [0.25, 0.3) is 0 Å². The number of rotatable bonds is 5. The highest BCUT2D eigenvalue weighted by Gasteiger charge is 2.31. The molecular formula is C11H23NO2. The monoisotopic (exact) mass is 201 g/mol. The van der Waals surface area contributed by atoms with Crippen LogP contribution in [0.3, 0.4) is 0 Å². The molecule has 0 saturated heterocycles. The van der Waals surface area contributed by atoms with Crippen LogP contribution in [0.4, 0.5) is 0 Å². The molecule has 1 saturated carbocycles. The molecule has 2 N–H and O–H groups in total. The molecular weight excluding hydrogens is 178 g/mol. The Morgan fingerprint density at radius 1 is 1.36 bits per heavy atom. The summed E-state index contributed by atoms with van der Waals surface area (Å²) in [5.41, 5.74) is -0.598. The fourth-order valence-electron chi connectivity index (χ4n) is 1.88. The summed E-state index contributed by atoms with van der Waals surface area (Å²) in [5, 5.41) is 13.3. The molecule has 3 heteroatoms. The molecule has 0 bridgehead atoms. The van der Waals surface area contributed by atoms with Crippen LogP contribution in [0.1, 0.15) is 39.5 Å². The predicted molar refractivity (Wildman–Crippen MR) is 57.4 cm³/mol. The minimum absolute atomic E-state index is 0.144. The summed E-state index contributed by atoms with van der Waals surface area (Å²) in [4.78, 5) is 0. The molecule has 0 aliphatic heterocycles. The van der Waals surface area contributed by atoms with Crippen LogP contribution in [-0.2, 0) is 4.74 Å². The summed E-state index contributed by atoms with van der Waals surface area (Å²) in [6.07, 6.45) is 4.19. The number of ether oxygens (including phenoxy) is 1. The maximum Gasteiger partial charge on any atom is 0.0771 e. The lowest BCUT2D eigenvalue weighted by Gasteiger charge is -2.27. The van der Waals surface area contributed by atoms with Crippen molar-refractivity contribution in [3.63, 3.8) is 0 Å². The minimum Gasteiger partial charge on any atom is -0.389 e. The Bertz CT molecular complexity index is 174. The van der Waals surface area contributed by atoms with E-state index in [9.17, 15) is 5.11 Å². The Balaban J connectivity index is 2.20. The number of hydrogen-bond acceptors (Lipinski definition) is 3. The lowest BCUT2D eigenvalue weighted by Crippen LogP contribution is -2.44. The average Bonchev–Trinajstić information content (AvgIpc) is 2.52. The second kappa shape index (κ2) is 4.60. The first-order chi connectivity index (χ1) is 6.47. The van der Waals surface area contributed by atoms with E-state index in [4.69, 9.17) is 4.74 Å². The van der Waals surface area contributed by atoms with Gasteiger partial charge in [0.1, 0.15) is 0 Å². The molecule has 0 aromatic heterocycles. The number of aliphatic hydroxyl groups is 1. The summed E-state index contributed by atoms with van der Waals surface area (Å²) in [7, 11) is 1.71. The van der Waals surface area contributed by atoms with Crippen molar-refractivity contribution < 1.29 is 9.84 Å². The smallest absolute Gasteiger partial charge is 0.0771 e. The summed E-state index contributed by atoms with van der Waals surface area (Å²) < 4.78 is 5.29. The van der Waals surface area contributed by atoms with Crippen LogP contribution in [0, 0.1) is 0 Å². The first-order valence-corrected chi connectivity index (χ1v) is 5.46. The van der Waals surface area contributed by atoms with Crippen molar-refractivity contribution >= 4 is 0 Å². The molecule has 3 nitrogen and oxygen atoms in total. The molecule has 1 fully saturated rings. The molecule has 0 aromatic carbocycles. The maximum atomic E-state index is 10.1. The Hall–Kier alpha value is -0.120. The van der Waals surface area contributed by atoms with E-state index in [0.29, 0.717) is 6.54 Å². The molecule has 0 atom stereocenters. The molecule has 1 rings (SSSR count). The van der Waals surface area contributed by atoms with Gasteiger partial charge in [-0.3, -0.25) is 0 Å². The van der Waals surface area contributed by atoms with Crippen LogP contribution < -0.4 is 5.32 Å². The third-order valence-electron chi connectivity index (χ3n) is 3.09. The van der Waals surface area contributed by atoms with Gasteiger partial charge in [-0.1, -0.05) is 12.8 Å². The second-order valence-electron chi connectivity index (χ2n) is 5.00. The zero-order chi connectivity index (χ0) is 10.7. The van der Waals surface area contributed by atoms with E-state index in [-0.39, 0.29) is 5.60 Å². The van der Waals surface area contributed by atoms with E-state index >= 15 is 0 Å². The Morgan fingerprint density at radius 3 is 2.43 bits per heavy atom.